The molecule has 1 saturated heterocycles. The first-order chi connectivity index (χ1) is 8.88. The summed E-state index contributed by atoms with van der Waals surface area (Å²) in [6.07, 6.45) is 1.69. The highest BCUT2D eigenvalue weighted by Gasteiger charge is 2.08. The van der Waals surface area contributed by atoms with Crippen molar-refractivity contribution >= 4 is 11.8 Å². The van der Waals surface area contributed by atoms with Gasteiger partial charge >= 0.3 is 0 Å². The Balaban J connectivity index is 1.67. The van der Waals surface area contributed by atoms with Crippen LogP contribution in [0.1, 0.15) is 11.3 Å². The topological polar surface area (TPSA) is 52.0 Å². The van der Waals surface area contributed by atoms with Crippen LogP contribution in [0.2, 0.25) is 0 Å². The van der Waals surface area contributed by atoms with Crippen LogP contribution in [0.4, 0.5) is 0 Å². The lowest BCUT2D eigenvalue weighted by Crippen LogP contribution is -2.37. The minimum absolute atomic E-state index is 0.488. The Bertz CT molecular complexity index is 410. The van der Waals surface area contributed by atoms with E-state index in [1.165, 1.54) is 24.6 Å². The van der Waals surface area contributed by atoms with Gasteiger partial charge in [0.25, 0.3) is 0 Å². The number of rotatable bonds is 5. The molecule has 0 aromatic carbocycles. The van der Waals surface area contributed by atoms with Crippen LogP contribution < -0.4 is 5.32 Å². The average molecular weight is 262 g/mol. The maximum atomic E-state index is 8.76. The second-order valence-corrected chi connectivity index (χ2v) is 5.52. The standard InChI is InChI=1S/C13H18N4S/c14-10-13-9-12(1-2-16-13)11-15-3-4-17-5-7-18-8-6-17/h1-2,9,15H,3-8,11H2. The summed E-state index contributed by atoms with van der Waals surface area (Å²) in [5.41, 5.74) is 1.61. The van der Waals surface area contributed by atoms with Crippen LogP contribution in [0.15, 0.2) is 18.3 Å². The third-order valence-electron chi connectivity index (χ3n) is 2.98. The van der Waals surface area contributed by atoms with E-state index in [-0.39, 0.29) is 0 Å². The number of hydrogen-bond donors (Lipinski definition) is 1. The first kappa shape index (κ1) is 13.3. The van der Waals surface area contributed by atoms with Gasteiger partial charge in [-0.05, 0) is 17.7 Å². The van der Waals surface area contributed by atoms with Crippen LogP contribution >= 0.6 is 11.8 Å². The predicted molar refractivity (Wildman–Crippen MR) is 74.4 cm³/mol. The molecule has 0 spiro atoms. The second-order valence-electron chi connectivity index (χ2n) is 4.29. The summed E-state index contributed by atoms with van der Waals surface area (Å²) in [5.74, 6) is 2.52. The van der Waals surface area contributed by atoms with E-state index in [1.54, 1.807) is 6.20 Å². The van der Waals surface area contributed by atoms with Gasteiger partial charge in [-0.15, -0.1) is 0 Å². The van der Waals surface area contributed by atoms with E-state index in [0.29, 0.717) is 5.69 Å². The molecule has 1 aliphatic heterocycles. The van der Waals surface area contributed by atoms with E-state index in [9.17, 15) is 0 Å². The summed E-state index contributed by atoms with van der Waals surface area (Å²) in [5, 5.41) is 12.2. The average Bonchev–Trinajstić information content (AvgIpc) is 2.45. The molecule has 1 fully saturated rings. The molecule has 18 heavy (non-hydrogen) atoms. The fourth-order valence-electron chi connectivity index (χ4n) is 1.94. The largest absolute Gasteiger partial charge is 0.311 e. The van der Waals surface area contributed by atoms with Crippen LogP contribution in [0.5, 0.6) is 0 Å². The minimum atomic E-state index is 0.488. The molecule has 2 rings (SSSR count). The SMILES string of the molecule is N#Cc1cc(CNCCN2CCSCC2)ccn1. The number of thioether (sulfide) groups is 1. The monoisotopic (exact) mass is 262 g/mol. The van der Waals surface area contributed by atoms with Crippen molar-refractivity contribution in [2.45, 2.75) is 6.54 Å². The van der Waals surface area contributed by atoms with E-state index in [4.69, 9.17) is 5.26 Å². The van der Waals surface area contributed by atoms with Crippen LogP contribution in [0, 0.1) is 11.3 Å². The molecule has 0 amide bonds. The van der Waals surface area contributed by atoms with Crippen molar-refractivity contribution in [1.29, 1.82) is 5.26 Å². The molecular weight excluding hydrogens is 244 g/mol. The number of nitrogens with one attached hydrogen (secondary N) is 1. The Morgan fingerprint density at radius 1 is 1.44 bits per heavy atom. The lowest BCUT2D eigenvalue weighted by atomic mass is 10.2. The zero-order chi connectivity index (χ0) is 12.6. The molecule has 0 unspecified atom stereocenters. The Hall–Kier alpha value is -1.09. The summed E-state index contributed by atoms with van der Waals surface area (Å²) in [4.78, 5) is 6.46. The van der Waals surface area contributed by atoms with Crippen molar-refractivity contribution in [3.63, 3.8) is 0 Å². The molecule has 0 bridgehead atoms. The van der Waals surface area contributed by atoms with Gasteiger partial charge in [0.05, 0.1) is 0 Å². The molecule has 0 atom stereocenters. The summed E-state index contributed by atoms with van der Waals surface area (Å²) in [7, 11) is 0. The highest BCUT2D eigenvalue weighted by atomic mass is 32.2. The first-order valence-corrected chi connectivity index (χ1v) is 7.40. The molecule has 2 heterocycles. The van der Waals surface area contributed by atoms with Gasteiger partial charge in [-0.3, -0.25) is 0 Å². The summed E-state index contributed by atoms with van der Waals surface area (Å²) >= 11 is 2.04. The Morgan fingerprint density at radius 2 is 2.28 bits per heavy atom. The molecule has 1 aromatic heterocycles. The predicted octanol–water partition coefficient (Wildman–Crippen LogP) is 1.09. The number of aromatic nitrogens is 1. The maximum absolute atomic E-state index is 8.76. The van der Waals surface area contributed by atoms with E-state index in [0.717, 1.165) is 25.2 Å². The van der Waals surface area contributed by atoms with Crippen LogP contribution in [-0.4, -0.2) is 47.6 Å². The summed E-state index contributed by atoms with van der Waals surface area (Å²) < 4.78 is 0. The summed E-state index contributed by atoms with van der Waals surface area (Å²) in [6.45, 7) is 5.33. The van der Waals surface area contributed by atoms with E-state index >= 15 is 0 Å². The Morgan fingerprint density at radius 3 is 3.06 bits per heavy atom. The van der Waals surface area contributed by atoms with Crippen LogP contribution in [0.25, 0.3) is 0 Å². The molecule has 0 aliphatic carbocycles. The number of pyridine rings is 1. The van der Waals surface area contributed by atoms with Gasteiger partial charge in [-0.25, -0.2) is 4.98 Å². The summed E-state index contributed by atoms with van der Waals surface area (Å²) in [6, 6.07) is 5.85. The number of nitriles is 1. The van der Waals surface area contributed by atoms with Gasteiger partial charge < -0.3 is 10.2 Å². The lowest BCUT2D eigenvalue weighted by molar-refractivity contribution is 0.301. The third kappa shape index (κ3) is 4.30. The third-order valence-corrected chi connectivity index (χ3v) is 3.92. The van der Waals surface area contributed by atoms with Gasteiger partial charge in [-0.2, -0.15) is 17.0 Å². The van der Waals surface area contributed by atoms with Gasteiger partial charge in [0.1, 0.15) is 11.8 Å². The van der Waals surface area contributed by atoms with Gasteiger partial charge in [-0.1, -0.05) is 0 Å². The number of nitrogens with zero attached hydrogens (tertiary/aromatic N) is 3. The van der Waals surface area contributed by atoms with Crippen LogP contribution in [0.3, 0.4) is 0 Å². The van der Waals surface area contributed by atoms with E-state index < -0.39 is 0 Å². The second kappa shape index (κ2) is 7.37. The molecule has 4 nitrogen and oxygen atoms in total. The van der Waals surface area contributed by atoms with Gasteiger partial charge in [0.2, 0.25) is 0 Å². The molecular formula is C13H18N4S. The zero-order valence-electron chi connectivity index (χ0n) is 10.4. The van der Waals surface area contributed by atoms with Crippen LogP contribution in [-0.2, 0) is 6.54 Å². The van der Waals surface area contributed by atoms with Gasteiger partial charge in [0.15, 0.2) is 0 Å². The van der Waals surface area contributed by atoms with Crippen molar-refractivity contribution in [3.05, 3.63) is 29.6 Å². The van der Waals surface area contributed by atoms with Crippen molar-refractivity contribution < 1.29 is 0 Å². The van der Waals surface area contributed by atoms with Crippen molar-refractivity contribution in [2.24, 2.45) is 0 Å². The van der Waals surface area contributed by atoms with Crippen molar-refractivity contribution in [2.75, 3.05) is 37.7 Å². The van der Waals surface area contributed by atoms with Crippen molar-refractivity contribution in [3.8, 4) is 6.07 Å². The smallest absolute Gasteiger partial charge is 0.140 e. The normalized spacial score (nSPS) is 16.4. The fraction of sp³-hybridized carbons (Fsp3) is 0.538. The Labute approximate surface area is 112 Å². The van der Waals surface area contributed by atoms with E-state index in [1.807, 2.05) is 23.9 Å². The molecule has 1 aromatic rings. The fourth-order valence-corrected chi connectivity index (χ4v) is 2.92. The van der Waals surface area contributed by atoms with Gasteiger partial charge in [0, 0.05) is 50.4 Å². The highest BCUT2D eigenvalue weighted by Crippen LogP contribution is 2.08. The molecule has 1 N–H and O–H groups in total. The zero-order valence-corrected chi connectivity index (χ0v) is 11.2. The highest BCUT2D eigenvalue weighted by molar-refractivity contribution is 7.99. The lowest BCUT2D eigenvalue weighted by Gasteiger charge is -2.26. The molecule has 1 aliphatic rings. The molecule has 0 radical (unpaired) electrons. The van der Waals surface area contributed by atoms with E-state index in [2.05, 4.69) is 21.3 Å². The Kier molecular flexibility index (Phi) is 5.46. The first-order valence-electron chi connectivity index (χ1n) is 6.24. The quantitative estimate of drug-likeness (QED) is 0.805. The molecule has 5 heteroatoms. The number of hydrogen-bond acceptors (Lipinski definition) is 5. The maximum Gasteiger partial charge on any atom is 0.140 e. The minimum Gasteiger partial charge on any atom is -0.311 e. The molecule has 0 saturated carbocycles. The van der Waals surface area contributed by atoms with Crippen molar-refractivity contribution in [1.82, 2.24) is 15.2 Å². The molecule has 96 valence electrons.